The molecule has 1 amide bonds. The molecule has 7 nitrogen and oxygen atoms in total. The molecule has 0 radical (unpaired) electrons. The number of Topliss-reactive ketones (excluding diaryl/α,β-unsaturated/α-hetero) is 1. The van der Waals surface area contributed by atoms with E-state index in [1.165, 1.54) is 27.6 Å². The molecule has 5 aromatic rings. The number of aliphatic hydroxyl groups excluding tert-OH is 1. The number of amides is 1. The highest BCUT2D eigenvalue weighted by atomic mass is 32.1. The van der Waals surface area contributed by atoms with Crippen LogP contribution in [0.2, 0.25) is 0 Å². The molecular weight excluding hydrogens is 541 g/mol. The monoisotopic (exact) mass is 566 g/mol. The maximum atomic E-state index is 14.1. The zero-order valence-corrected chi connectivity index (χ0v) is 24.0. The standard InChI is InChI=1S/C31H26N4O3S2/c1-17-27(40-28(33-17)18-9-6-5-7-10-18)25(36)23-24(19-11-8-14-32-16-19)35(29(38)26(23)37)30-34-21-13-12-20(31(2,3)4)15-22(21)39-30/h5-16,24,37H,1-4H3. The molecular formula is C31H26N4O3S2. The van der Waals surface area contributed by atoms with E-state index in [0.717, 1.165) is 21.3 Å². The summed E-state index contributed by atoms with van der Waals surface area (Å²) in [6, 6.07) is 18.3. The van der Waals surface area contributed by atoms with Crippen molar-refractivity contribution in [2.45, 2.75) is 39.2 Å². The number of hydrogen-bond acceptors (Lipinski definition) is 8. The summed E-state index contributed by atoms with van der Waals surface area (Å²) in [6.07, 6.45) is 3.23. The molecule has 0 bridgehead atoms. The van der Waals surface area contributed by atoms with Crippen molar-refractivity contribution in [1.82, 2.24) is 15.0 Å². The number of aryl methyl sites for hydroxylation is 1. The number of ketones is 1. The molecule has 3 aromatic heterocycles. The average molecular weight is 567 g/mol. The van der Waals surface area contributed by atoms with E-state index in [1.807, 2.05) is 42.5 Å². The quantitative estimate of drug-likeness (QED) is 0.226. The van der Waals surface area contributed by atoms with Gasteiger partial charge >= 0.3 is 0 Å². The van der Waals surface area contributed by atoms with Crippen molar-refractivity contribution >= 4 is 49.7 Å². The van der Waals surface area contributed by atoms with Crippen LogP contribution in [0, 0.1) is 6.92 Å². The minimum absolute atomic E-state index is 0.000927. The van der Waals surface area contributed by atoms with Crippen LogP contribution in [0.4, 0.5) is 5.13 Å². The van der Waals surface area contributed by atoms with Gasteiger partial charge in [0.05, 0.1) is 32.4 Å². The van der Waals surface area contributed by atoms with E-state index in [1.54, 1.807) is 31.5 Å². The molecule has 40 heavy (non-hydrogen) atoms. The second-order valence-electron chi connectivity index (χ2n) is 10.7. The summed E-state index contributed by atoms with van der Waals surface area (Å²) in [7, 11) is 0. The highest BCUT2D eigenvalue weighted by Gasteiger charge is 2.46. The minimum Gasteiger partial charge on any atom is -0.503 e. The van der Waals surface area contributed by atoms with Crippen molar-refractivity contribution in [2.24, 2.45) is 0 Å². The van der Waals surface area contributed by atoms with E-state index in [2.05, 4.69) is 36.8 Å². The number of aliphatic hydroxyl groups is 1. The number of hydrogen-bond donors (Lipinski definition) is 1. The summed E-state index contributed by atoms with van der Waals surface area (Å²) >= 11 is 2.61. The van der Waals surface area contributed by atoms with Crippen LogP contribution in [0.5, 0.6) is 0 Å². The number of rotatable bonds is 5. The molecule has 9 heteroatoms. The van der Waals surface area contributed by atoms with Crippen LogP contribution < -0.4 is 4.90 Å². The Balaban J connectivity index is 1.46. The van der Waals surface area contributed by atoms with Crippen LogP contribution in [0.3, 0.4) is 0 Å². The first-order valence-corrected chi connectivity index (χ1v) is 14.4. The van der Waals surface area contributed by atoms with E-state index in [9.17, 15) is 14.7 Å². The molecule has 4 heterocycles. The second-order valence-corrected chi connectivity index (χ2v) is 12.7. The highest BCUT2D eigenvalue weighted by Crippen LogP contribution is 2.45. The summed E-state index contributed by atoms with van der Waals surface area (Å²) in [6.45, 7) is 8.19. The van der Waals surface area contributed by atoms with E-state index < -0.39 is 23.5 Å². The van der Waals surface area contributed by atoms with E-state index in [4.69, 9.17) is 4.98 Å². The first-order chi connectivity index (χ1) is 19.1. The van der Waals surface area contributed by atoms with Crippen LogP contribution in [0.1, 0.15) is 53.3 Å². The Morgan fingerprint density at radius 3 is 2.48 bits per heavy atom. The van der Waals surface area contributed by atoms with Crippen molar-refractivity contribution in [3.05, 3.63) is 106 Å². The van der Waals surface area contributed by atoms with Crippen LogP contribution in [0.15, 0.2) is 84.4 Å². The first-order valence-electron chi connectivity index (χ1n) is 12.8. The molecule has 0 spiro atoms. The SMILES string of the molecule is Cc1nc(-c2ccccc2)sc1C(=O)C1=C(O)C(=O)N(c2nc3ccc(C(C)(C)C)cc3s2)C1c1cccnc1. The molecule has 1 unspecified atom stereocenters. The van der Waals surface area contributed by atoms with Crippen molar-refractivity contribution in [3.63, 3.8) is 0 Å². The Kier molecular flexibility index (Phi) is 6.35. The maximum absolute atomic E-state index is 14.1. The number of pyridine rings is 1. The van der Waals surface area contributed by atoms with Crippen molar-refractivity contribution < 1.29 is 14.7 Å². The number of carbonyl (C=O) groups excluding carboxylic acids is 2. The van der Waals surface area contributed by atoms with Gasteiger partial charge in [-0.1, -0.05) is 74.6 Å². The lowest BCUT2D eigenvalue weighted by Gasteiger charge is -2.24. The van der Waals surface area contributed by atoms with Gasteiger partial charge in [-0.2, -0.15) is 0 Å². The summed E-state index contributed by atoms with van der Waals surface area (Å²) < 4.78 is 0.922. The molecule has 1 aliphatic heterocycles. The molecule has 0 saturated carbocycles. The Morgan fingerprint density at radius 1 is 1.00 bits per heavy atom. The lowest BCUT2D eigenvalue weighted by atomic mass is 9.87. The Hall–Kier alpha value is -4.21. The summed E-state index contributed by atoms with van der Waals surface area (Å²) in [5, 5.41) is 12.3. The summed E-state index contributed by atoms with van der Waals surface area (Å²) in [5.74, 6) is -1.68. The lowest BCUT2D eigenvalue weighted by molar-refractivity contribution is -0.117. The second kappa shape index (κ2) is 9.76. The predicted octanol–water partition coefficient (Wildman–Crippen LogP) is 7.20. The number of aromatic nitrogens is 3. The molecule has 0 aliphatic carbocycles. The van der Waals surface area contributed by atoms with Gasteiger partial charge in [-0.25, -0.2) is 9.97 Å². The smallest absolute Gasteiger partial charge is 0.296 e. The van der Waals surface area contributed by atoms with E-state index in [-0.39, 0.29) is 11.0 Å². The molecule has 2 aromatic carbocycles. The molecule has 200 valence electrons. The number of carbonyl (C=O) groups is 2. The van der Waals surface area contributed by atoms with Crippen LogP contribution in [-0.4, -0.2) is 31.7 Å². The third-order valence-electron chi connectivity index (χ3n) is 6.93. The number of fused-ring (bicyclic) bond motifs is 1. The maximum Gasteiger partial charge on any atom is 0.296 e. The Labute approximate surface area is 239 Å². The van der Waals surface area contributed by atoms with Gasteiger partial charge in [0.2, 0.25) is 5.78 Å². The van der Waals surface area contributed by atoms with Gasteiger partial charge in [-0.15, -0.1) is 11.3 Å². The minimum atomic E-state index is -0.891. The van der Waals surface area contributed by atoms with Crippen LogP contribution in [0.25, 0.3) is 20.8 Å². The molecule has 1 atom stereocenters. The fraction of sp³-hybridized carbons (Fsp3) is 0.194. The zero-order chi connectivity index (χ0) is 28.2. The van der Waals surface area contributed by atoms with Gasteiger partial charge in [-0.3, -0.25) is 19.5 Å². The molecule has 0 saturated heterocycles. The molecule has 1 N–H and O–H groups in total. The third kappa shape index (κ3) is 4.41. The third-order valence-corrected chi connectivity index (χ3v) is 9.15. The van der Waals surface area contributed by atoms with Gasteiger partial charge in [0.15, 0.2) is 10.9 Å². The Morgan fingerprint density at radius 2 is 1.77 bits per heavy atom. The van der Waals surface area contributed by atoms with E-state index >= 15 is 0 Å². The van der Waals surface area contributed by atoms with Crippen LogP contribution >= 0.6 is 22.7 Å². The lowest BCUT2D eigenvalue weighted by Crippen LogP contribution is -2.31. The topological polar surface area (TPSA) is 96.3 Å². The molecule has 0 fully saturated rings. The summed E-state index contributed by atoms with van der Waals surface area (Å²) in [4.78, 5) is 43.1. The zero-order valence-electron chi connectivity index (χ0n) is 22.4. The van der Waals surface area contributed by atoms with Gasteiger partial charge in [-0.05, 0) is 41.7 Å². The van der Waals surface area contributed by atoms with Crippen LogP contribution in [-0.2, 0) is 10.2 Å². The fourth-order valence-corrected chi connectivity index (χ4v) is 6.86. The summed E-state index contributed by atoms with van der Waals surface area (Å²) in [5.41, 5.74) is 3.88. The van der Waals surface area contributed by atoms with Gasteiger partial charge in [0.1, 0.15) is 5.01 Å². The molecule has 6 rings (SSSR count). The predicted molar refractivity (Wildman–Crippen MR) is 159 cm³/mol. The normalized spacial score (nSPS) is 15.8. The number of nitrogens with zero attached hydrogens (tertiary/aromatic N) is 4. The number of anilines is 1. The van der Waals surface area contributed by atoms with Crippen molar-refractivity contribution in [3.8, 4) is 10.6 Å². The highest BCUT2D eigenvalue weighted by molar-refractivity contribution is 7.22. The van der Waals surface area contributed by atoms with Gasteiger partial charge in [0.25, 0.3) is 5.91 Å². The van der Waals surface area contributed by atoms with Gasteiger partial charge in [0, 0.05) is 18.0 Å². The Bertz CT molecular complexity index is 1800. The van der Waals surface area contributed by atoms with E-state index in [0.29, 0.717) is 26.3 Å². The average Bonchev–Trinajstić information content (AvgIpc) is 3.62. The van der Waals surface area contributed by atoms with Crippen molar-refractivity contribution in [2.75, 3.05) is 4.90 Å². The van der Waals surface area contributed by atoms with Gasteiger partial charge < -0.3 is 5.11 Å². The first kappa shape index (κ1) is 26.0. The largest absolute Gasteiger partial charge is 0.503 e. The fourth-order valence-electron chi connectivity index (χ4n) is 4.80. The number of thiazole rings is 2. The van der Waals surface area contributed by atoms with Crippen molar-refractivity contribution in [1.29, 1.82) is 0 Å². The molecule has 1 aliphatic rings. The number of benzene rings is 2.